The highest BCUT2D eigenvalue weighted by molar-refractivity contribution is 5.68. The maximum absolute atomic E-state index is 11.6. The van der Waals surface area contributed by atoms with Crippen LogP contribution < -0.4 is 5.56 Å². The Bertz CT molecular complexity index is 666. The number of hydrogen-bond acceptors (Lipinski definition) is 4. The molecule has 3 rings (SSSR count). The molecule has 3 aromatic heterocycles. The van der Waals surface area contributed by atoms with Crippen LogP contribution >= 0.6 is 0 Å². The van der Waals surface area contributed by atoms with Crippen molar-refractivity contribution in [2.45, 2.75) is 6.54 Å². The van der Waals surface area contributed by atoms with Gasteiger partial charge in [-0.1, -0.05) is 0 Å². The predicted molar refractivity (Wildman–Crippen MR) is 56.0 cm³/mol. The Balaban J connectivity index is 2.14. The van der Waals surface area contributed by atoms with Crippen LogP contribution in [0.5, 0.6) is 0 Å². The average Bonchev–Trinajstić information content (AvgIpc) is 2.90. The lowest BCUT2D eigenvalue weighted by Gasteiger charge is -1.99. The zero-order chi connectivity index (χ0) is 11.0. The molecule has 0 unspecified atom stereocenters. The molecule has 0 bridgehead atoms. The van der Waals surface area contributed by atoms with E-state index in [1.165, 1.54) is 6.33 Å². The van der Waals surface area contributed by atoms with Gasteiger partial charge in [-0.25, -0.2) is 9.97 Å². The number of furan rings is 1. The Morgan fingerprint density at radius 1 is 1.44 bits per heavy atom. The number of fused-ring (bicyclic) bond motifs is 1. The molecule has 6 heteroatoms. The summed E-state index contributed by atoms with van der Waals surface area (Å²) in [4.78, 5) is 22.1. The van der Waals surface area contributed by atoms with Gasteiger partial charge >= 0.3 is 0 Å². The van der Waals surface area contributed by atoms with Gasteiger partial charge in [-0.05, 0) is 12.1 Å². The Morgan fingerprint density at radius 2 is 2.38 bits per heavy atom. The Hall–Kier alpha value is -2.37. The molecule has 0 aliphatic rings. The molecule has 0 fully saturated rings. The van der Waals surface area contributed by atoms with E-state index in [1.807, 2.05) is 6.07 Å². The van der Waals surface area contributed by atoms with Crippen molar-refractivity contribution in [3.8, 4) is 0 Å². The van der Waals surface area contributed by atoms with E-state index >= 15 is 0 Å². The van der Waals surface area contributed by atoms with Gasteiger partial charge in [0.2, 0.25) is 0 Å². The van der Waals surface area contributed by atoms with Gasteiger partial charge < -0.3 is 14.0 Å². The van der Waals surface area contributed by atoms with Gasteiger partial charge in [0.05, 0.1) is 25.5 Å². The summed E-state index contributed by atoms with van der Waals surface area (Å²) in [5.74, 6) is 0.766. The van der Waals surface area contributed by atoms with Gasteiger partial charge in [0.1, 0.15) is 5.76 Å². The van der Waals surface area contributed by atoms with Crippen LogP contribution in [0.15, 0.2) is 40.3 Å². The molecular weight excluding hydrogens is 208 g/mol. The smallest absolute Gasteiger partial charge is 0.276 e. The minimum atomic E-state index is -0.200. The predicted octanol–water partition coefficient (Wildman–Crippen LogP) is 0.761. The van der Waals surface area contributed by atoms with Crippen molar-refractivity contribution in [2.75, 3.05) is 0 Å². The Morgan fingerprint density at radius 3 is 3.19 bits per heavy atom. The van der Waals surface area contributed by atoms with E-state index in [2.05, 4.69) is 15.0 Å². The van der Waals surface area contributed by atoms with Crippen LogP contribution in [0, 0.1) is 0 Å². The summed E-state index contributed by atoms with van der Waals surface area (Å²) < 4.78 is 6.92. The van der Waals surface area contributed by atoms with Gasteiger partial charge in [-0.15, -0.1) is 0 Å². The quantitative estimate of drug-likeness (QED) is 0.686. The second-order valence-electron chi connectivity index (χ2n) is 3.36. The highest BCUT2D eigenvalue weighted by Gasteiger charge is 2.08. The lowest BCUT2D eigenvalue weighted by molar-refractivity contribution is 0.496. The Labute approximate surface area is 89.6 Å². The number of aromatic amines is 1. The van der Waals surface area contributed by atoms with Crippen molar-refractivity contribution in [1.29, 1.82) is 0 Å². The highest BCUT2D eigenvalue weighted by Crippen LogP contribution is 2.08. The SMILES string of the molecule is O=c1[nH]cnc2ncn(Cc3ccco3)c12. The first-order valence-electron chi connectivity index (χ1n) is 4.75. The van der Waals surface area contributed by atoms with Crippen LogP contribution in [0.1, 0.15) is 5.76 Å². The number of rotatable bonds is 2. The topological polar surface area (TPSA) is 76.7 Å². The van der Waals surface area contributed by atoms with Crippen molar-refractivity contribution in [1.82, 2.24) is 19.5 Å². The second-order valence-corrected chi connectivity index (χ2v) is 3.36. The molecule has 0 aliphatic carbocycles. The van der Waals surface area contributed by atoms with E-state index in [1.54, 1.807) is 23.2 Å². The van der Waals surface area contributed by atoms with E-state index in [4.69, 9.17) is 4.42 Å². The van der Waals surface area contributed by atoms with E-state index < -0.39 is 0 Å². The molecule has 80 valence electrons. The second kappa shape index (κ2) is 3.34. The normalized spacial score (nSPS) is 11.0. The van der Waals surface area contributed by atoms with Crippen molar-refractivity contribution < 1.29 is 4.42 Å². The van der Waals surface area contributed by atoms with Crippen LogP contribution in [0.4, 0.5) is 0 Å². The summed E-state index contributed by atoms with van der Waals surface area (Å²) in [6.45, 7) is 0.471. The fourth-order valence-corrected chi connectivity index (χ4v) is 1.61. The molecule has 3 aromatic rings. The first kappa shape index (κ1) is 8.90. The summed E-state index contributed by atoms with van der Waals surface area (Å²) in [7, 11) is 0. The molecule has 0 saturated carbocycles. The summed E-state index contributed by atoms with van der Waals surface area (Å²) in [5, 5.41) is 0. The van der Waals surface area contributed by atoms with Gasteiger partial charge in [0, 0.05) is 0 Å². The van der Waals surface area contributed by atoms with Crippen molar-refractivity contribution >= 4 is 11.2 Å². The summed E-state index contributed by atoms with van der Waals surface area (Å²) in [6.07, 6.45) is 4.52. The third-order valence-corrected chi connectivity index (χ3v) is 2.32. The lowest BCUT2D eigenvalue weighted by Crippen LogP contribution is -2.11. The minimum Gasteiger partial charge on any atom is -0.467 e. The third kappa shape index (κ3) is 1.31. The van der Waals surface area contributed by atoms with E-state index in [9.17, 15) is 4.79 Å². The highest BCUT2D eigenvalue weighted by atomic mass is 16.3. The van der Waals surface area contributed by atoms with Gasteiger partial charge in [-0.2, -0.15) is 0 Å². The van der Waals surface area contributed by atoms with E-state index in [-0.39, 0.29) is 5.56 Å². The molecule has 6 nitrogen and oxygen atoms in total. The standard InChI is InChI=1S/C10H8N4O2/c15-10-8-9(11-5-12-10)13-6-14(8)4-7-2-1-3-16-7/h1-3,5-6H,4H2,(H,11,12,15). The summed E-state index contributed by atoms with van der Waals surface area (Å²) >= 11 is 0. The van der Waals surface area contributed by atoms with Crippen molar-refractivity contribution in [2.24, 2.45) is 0 Å². The number of hydrogen-bond donors (Lipinski definition) is 1. The zero-order valence-corrected chi connectivity index (χ0v) is 8.25. The first-order valence-corrected chi connectivity index (χ1v) is 4.75. The molecule has 16 heavy (non-hydrogen) atoms. The number of imidazole rings is 1. The van der Waals surface area contributed by atoms with Crippen molar-refractivity contribution in [3.05, 3.63) is 47.2 Å². The first-order chi connectivity index (χ1) is 7.84. The molecule has 0 radical (unpaired) electrons. The fraction of sp³-hybridized carbons (Fsp3) is 0.100. The van der Waals surface area contributed by atoms with Gasteiger partial charge in [0.15, 0.2) is 11.2 Å². The minimum absolute atomic E-state index is 0.200. The van der Waals surface area contributed by atoms with Crippen LogP contribution in [0.25, 0.3) is 11.2 Å². The molecule has 0 amide bonds. The van der Waals surface area contributed by atoms with Gasteiger partial charge in [0.25, 0.3) is 5.56 Å². The molecular formula is C10H8N4O2. The molecule has 1 N–H and O–H groups in total. The zero-order valence-electron chi connectivity index (χ0n) is 8.25. The van der Waals surface area contributed by atoms with E-state index in [0.717, 1.165) is 5.76 Å². The molecule has 3 heterocycles. The number of nitrogens with one attached hydrogen (secondary N) is 1. The molecule has 0 spiro atoms. The molecule has 0 saturated heterocycles. The van der Waals surface area contributed by atoms with Crippen molar-refractivity contribution in [3.63, 3.8) is 0 Å². The largest absolute Gasteiger partial charge is 0.467 e. The fourth-order valence-electron chi connectivity index (χ4n) is 1.61. The molecule has 0 aliphatic heterocycles. The third-order valence-electron chi connectivity index (χ3n) is 2.32. The monoisotopic (exact) mass is 216 g/mol. The van der Waals surface area contributed by atoms with E-state index in [0.29, 0.717) is 17.7 Å². The summed E-state index contributed by atoms with van der Waals surface area (Å²) in [6, 6.07) is 3.65. The Kier molecular flexibility index (Phi) is 1.86. The van der Waals surface area contributed by atoms with Crippen LogP contribution in [0.3, 0.4) is 0 Å². The van der Waals surface area contributed by atoms with Gasteiger partial charge in [-0.3, -0.25) is 4.79 Å². The van der Waals surface area contributed by atoms with Crippen LogP contribution in [-0.4, -0.2) is 19.5 Å². The number of aromatic nitrogens is 4. The molecule has 0 atom stereocenters. The number of H-pyrrole nitrogens is 1. The maximum atomic E-state index is 11.6. The number of nitrogens with zero attached hydrogens (tertiary/aromatic N) is 3. The van der Waals surface area contributed by atoms with Crippen LogP contribution in [0.2, 0.25) is 0 Å². The van der Waals surface area contributed by atoms with Crippen LogP contribution in [-0.2, 0) is 6.54 Å². The maximum Gasteiger partial charge on any atom is 0.276 e. The lowest BCUT2D eigenvalue weighted by atomic mass is 10.4. The summed E-state index contributed by atoms with van der Waals surface area (Å²) in [5.41, 5.74) is 0.697. The molecule has 0 aromatic carbocycles. The average molecular weight is 216 g/mol.